The van der Waals surface area contributed by atoms with Crippen molar-refractivity contribution in [2.45, 2.75) is 0 Å². The highest BCUT2D eigenvalue weighted by Gasteiger charge is 2.13. The van der Waals surface area contributed by atoms with Crippen LogP contribution in [-0.4, -0.2) is 25.5 Å². The number of nitrogens with zero attached hydrogens (tertiary/aromatic N) is 1. The first kappa shape index (κ1) is 14.1. The Balaban J connectivity index is 2.33. The first-order valence-corrected chi connectivity index (χ1v) is 6.83. The molecule has 22 heavy (non-hydrogen) atoms. The van der Waals surface area contributed by atoms with Crippen LogP contribution in [0.2, 0.25) is 0 Å². The monoisotopic (exact) mass is 293 g/mol. The van der Waals surface area contributed by atoms with Gasteiger partial charge in [-0.2, -0.15) is 0 Å². The maximum absolute atomic E-state index is 11.1. The molecule has 0 bridgehead atoms. The van der Waals surface area contributed by atoms with Crippen molar-refractivity contribution < 1.29 is 14.3 Å². The quantitative estimate of drug-likeness (QED) is 0.688. The van der Waals surface area contributed by atoms with Gasteiger partial charge in [0.15, 0.2) is 0 Å². The van der Waals surface area contributed by atoms with Crippen LogP contribution in [0.15, 0.2) is 48.7 Å². The maximum Gasteiger partial charge on any atom is 0.150 e. The molecule has 0 unspecified atom stereocenters. The lowest BCUT2D eigenvalue weighted by atomic mass is 9.97. The van der Waals surface area contributed by atoms with Gasteiger partial charge in [-0.25, -0.2) is 0 Å². The Morgan fingerprint density at radius 1 is 0.955 bits per heavy atom. The Hall–Kier alpha value is -2.88. The molecule has 3 rings (SSSR count). The minimum atomic E-state index is 0.601. The summed E-state index contributed by atoms with van der Waals surface area (Å²) in [4.78, 5) is 15.5. The molecule has 2 aromatic carbocycles. The molecule has 0 aliphatic rings. The van der Waals surface area contributed by atoms with Crippen molar-refractivity contribution in [2.75, 3.05) is 14.2 Å². The number of carbonyl (C=O) groups is 1. The molecule has 1 aromatic heterocycles. The summed E-state index contributed by atoms with van der Waals surface area (Å²) in [5.74, 6) is 1.42. The maximum atomic E-state index is 11.1. The van der Waals surface area contributed by atoms with E-state index in [9.17, 15) is 4.79 Å². The average molecular weight is 293 g/mol. The highest BCUT2D eigenvalue weighted by Crippen LogP contribution is 2.37. The summed E-state index contributed by atoms with van der Waals surface area (Å²) >= 11 is 0. The second-order valence-corrected chi connectivity index (χ2v) is 4.79. The lowest BCUT2D eigenvalue weighted by molar-refractivity contribution is 0.112. The number of rotatable bonds is 4. The number of ether oxygens (including phenoxy) is 2. The second kappa shape index (κ2) is 5.85. The van der Waals surface area contributed by atoms with Gasteiger partial charge in [0.05, 0.1) is 14.2 Å². The number of fused-ring (bicyclic) bond motifs is 1. The van der Waals surface area contributed by atoms with Gasteiger partial charge in [0.25, 0.3) is 0 Å². The third-order valence-electron chi connectivity index (χ3n) is 3.60. The van der Waals surface area contributed by atoms with Crippen molar-refractivity contribution in [2.24, 2.45) is 0 Å². The number of aromatic nitrogens is 1. The van der Waals surface area contributed by atoms with Crippen LogP contribution in [-0.2, 0) is 0 Å². The zero-order valence-electron chi connectivity index (χ0n) is 12.4. The minimum absolute atomic E-state index is 0.601. The summed E-state index contributed by atoms with van der Waals surface area (Å²) in [7, 11) is 3.24. The molecule has 1 heterocycles. The molecule has 0 atom stereocenters. The van der Waals surface area contributed by atoms with Gasteiger partial charge in [0.1, 0.15) is 23.3 Å². The van der Waals surface area contributed by atoms with Crippen LogP contribution < -0.4 is 9.47 Å². The summed E-state index contributed by atoms with van der Waals surface area (Å²) in [6, 6.07) is 13.0. The molecule has 110 valence electrons. The molecule has 0 aliphatic carbocycles. The van der Waals surface area contributed by atoms with Crippen molar-refractivity contribution in [3.63, 3.8) is 0 Å². The molecule has 4 nitrogen and oxygen atoms in total. The third kappa shape index (κ3) is 2.29. The lowest BCUT2D eigenvalue weighted by Gasteiger charge is -2.13. The highest BCUT2D eigenvalue weighted by atomic mass is 16.5. The smallest absolute Gasteiger partial charge is 0.150 e. The Labute approximate surface area is 128 Å². The van der Waals surface area contributed by atoms with E-state index in [1.165, 1.54) is 0 Å². The van der Waals surface area contributed by atoms with E-state index in [4.69, 9.17) is 9.47 Å². The van der Waals surface area contributed by atoms with Crippen LogP contribution in [0.3, 0.4) is 0 Å². The van der Waals surface area contributed by atoms with Crippen molar-refractivity contribution in [3.05, 3.63) is 54.2 Å². The first-order valence-electron chi connectivity index (χ1n) is 6.83. The van der Waals surface area contributed by atoms with Crippen LogP contribution in [0, 0.1) is 0 Å². The van der Waals surface area contributed by atoms with Gasteiger partial charge in [-0.1, -0.05) is 6.07 Å². The van der Waals surface area contributed by atoms with Crippen LogP contribution in [0.1, 0.15) is 10.4 Å². The topological polar surface area (TPSA) is 48.4 Å². The molecule has 0 saturated carbocycles. The lowest BCUT2D eigenvalue weighted by Crippen LogP contribution is -1.93. The van der Waals surface area contributed by atoms with Crippen molar-refractivity contribution >= 4 is 17.2 Å². The fourth-order valence-corrected chi connectivity index (χ4v) is 2.56. The fourth-order valence-electron chi connectivity index (χ4n) is 2.56. The number of methoxy groups -OCH3 is 2. The SMILES string of the molecule is COc1ccc(C=O)cc1-c1ccc(OC)c2ncccc12. The normalized spacial score (nSPS) is 10.5. The summed E-state index contributed by atoms with van der Waals surface area (Å²) in [5, 5.41) is 0.947. The van der Waals surface area contributed by atoms with Gasteiger partial charge in [0.2, 0.25) is 0 Å². The molecule has 0 spiro atoms. The van der Waals surface area contributed by atoms with E-state index in [1.54, 1.807) is 32.5 Å². The molecule has 0 aliphatic heterocycles. The highest BCUT2D eigenvalue weighted by molar-refractivity contribution is 5.99. The number of carbonyl (C=O) groups excluding carboxylic acids is 1. The molecular formula is C18H15NO3. The molecule has 0 radical (unpaired) electrons. The molecule has 3 aromatic rings. The van der Waals surface area contributed by atoms with Gasteiger partial charge in [-0.3, -0.25) is 9.78 Å². The Morgan fingerprint density at radius 2 is 1.73 bits per heavy atom. The average Bonchev–Trinajstić information content (AvgIpc) is 2.60. The van der Waals surface area contributed by atoms with Gasteiger partial charge in [0, 0.05) is 22.7 Å². The van der Waals surface area contributed by atoms with Gasteiger partial charge >= 0.3 is 0 Å². The van der Waals surface area contributed by atoms with Crippen LogP contribution in [0.4, 0.5) is 0 Å². The summed E-state index contributed by atoms with van der Waals surface area (Å²) in [5.41, 5.74) is 3.18. The Kier molecular flexibility index (Phi) is 3.74. The van der Waals surface area contributed by atoms with E-state index >= 15 is 0 Å². The molecule has 4 heteroatoms. The van der Waals surface area contributed by atoms with Gasteiger partial charge in [-0.15, -0.1) is 0 Å². The number of aldehydes is 1. The van der Waals surface area contributed by atoms with Gasteiger partial charge < -0.3 is 9.47 Å². The summed E-state index contributed by atoms with van der Waals surface area (Å²) in [6.07, 6.45) is 2.56. The Bertz CT molecular complexity index is 843. The number of hydrogen-bond acceptors (Lipinski definition) is 4. The Morgan fingerprint density at radius 3 is 2.45 bits per heavy atom. The molecule has 0 saturated heterocycles. The van der Waals surface area contributed by atoms with Crippen LogP contribution >= 0.6 is 0 Å². The predicted molar refractivity (Wildman–Crippen MR) is 85.7 cm³/mol. The number of hydrogen-bond donors (Lipinski definition) is 0. The van der Waals surface area contributed by atoms with E-state index in [-0.39, 0.29) is 0 Å². The van der Waals surface area contributed by atoms with E-state index in [1.807, 2.05) is 30.3 Å². The molecule has 0 amide bonds. The van der Waals surface area contributed by atoms with Gasteiger partial charge in [-0.05, 0) is 42.0 Å². The third-order valence-corrected chi connectivity index (χ3v) is 3.60. The fraction of sp³-hybridized carbons (Fsp3) is 0.111. The number of benzene rings is 2. The summed E-state index contributed by atoms with van der Waals surface area (Å²) < 4.78 is 10.8. The zero-order chi connectivity index (χ0) is 15.5. The second-order valence-electron chi connectivity index (χ2n) is 4.79. The molecular weight excluding hydrogens is 278 g/mol. The van der Waals surface area contributed by atoms with Crippen molar-refractivity contribution in [1.82, 2.24) is 4.98 Å². The van der Waals surface area contributed by atoms with E-state index in [2.05, 4.69) is 4.98 Å². The van der Waals surface area contributed by atoms with E-state index in [0.29, 0.717) is 17.1 Å². The van der Waals surface area contributed by atoms with Crippen molar-refractivity contribution in [1.29, 1.82) is 0 Å². The molecule has 0 N–H and O–H groups in total. The number of pyridine rings is 1. The first-order chi connectivity index (χ1) is 10.8. The van der Waals surface area contributed by atoms with E-state index in [0.717, 1.165) is 28.3 Å². The van der Waals surface area contributed by atoms with Crippen LogP contribution in [0.5, 0.6) is 11.5 Å². The largest absolute Gasteiger partial charge is 0.496 e. The molecule has 0 fully saturated rings. The van der Waals surface area contributed by atoms with Crippen LogP contribution in [0.25, 0.3) is 22.0 Å². The predicted octanol–water partition coefficient (Wildman–Crippen LogP) is 3.73. The minimum Gasteiger partial charge on any atom is -0.496 e. The van der Waals surface area contributed by atoms with Crippen molar-refractivity contribution in [3.8, 4) is 22.6 Å². The summed E-state index contributed by atoms with van der Waals surface area (Å²) in [6.45, 7) is 0. The zero-order valence-corrected chi connectivity index (χ0v) is 12.4. The standard InChI is InChI=1S/C18H15NO3/c1-21-16-7-5-12(11-20)10-15(16)13-6-8-17(22-2)18-14(13)4-3-9-19-18/h3-11H,1-2H3. The van der Waals surface area contributed by atoms with E-state index < -0.39 is 0 Å².